The van der Waals surface area contributed by atoms with Gasteiger partial charge >= 0.3 is 0 Å². The Bertz CT molecular complexity index is 564. The highest BCUT2D eigenvalue weighted by atomic mass is 19.1. The number of halogens is 1. The van der Waals surface area contributed by atoms with Crippen LogP contribution in [0.5, 0.6) is 5.75 Å². The van der Waals surface area contributed by atoms with E-state index in [0.29, 0.717) is 0 Å². The van der Waals surface area contributed by atoms with Gasteiger partial charge in [-0.15, -0.1) is 6.42 Å². The molecule has 0 spiro atoms. The van der Waals surface area contributed by atoms with Crippen molar-refractivity contribution in [3.05, 3.63) is 53.8 Å². The maximum atomic E-state index is 13.3. The summed E-state index contributed by atoms with van der Waals surface area (Å²) in [5.41, 5.74) is 2.69. The molecule has 0 aliphatic heterocycles. The molecule has 0 aromatic heterocycles. The molecule has 2 rings (SSSR count). The highest BCUT2D eigenvalue weighted by Crippen LogP contribution is 2.26. The van der Waals surface area contributed by atoms with Crippen molar-refractivity contribution >= 4 is 0 Å². The third-order valence-electron chi connectivity index (χ3n) is 2.54. The van der Waals surface area contributed by atoms with E-state index in [1.54, 1.807) is 12.1 Å². The SMILES string of the molecule is C#Cc1ccc(-c2ccc(F)c(OC)c2)cc1. The molecule has 17 heavy (non-hydrogen) atoms. The van der Waals surface area contributed by atoms with Gasteiger partial charge < -0.3 is 4.74 Å². The van der Waals surface area contributed by atoms with E-state index in [1.807, 2.05) is 24.3 Å². The van der Waals surface area contributed by atoms with Crippen LogP contribution in [-0.4, -0.2) is 7.11 Å². The first-order valence-electron chi connectivity index (χ1n) is 5.15. The van der Waals surface area contributed by atoms with Gasteiger partial charge in [0.25, 0.3) is 0 Å². The summed E-state index contributed by atoms with van der Waals surface area (Å²) in [5, 5.41) is 0. The third kappa shape index (κ3) is 2.29. The minimum Gasteiger partial charge on any atom is -0.494 e. The molecule has 0 saturated heterocycles. The van der Waals surface area contributed by atoms with E-state index in [1.165, 1.54) is 13.2 Å². The van der Waals surface area contributed by atoms with Crippen molar-refractivity contribution in [3.63, 3.8) is 0 Å². The fourth-order valence-corrected chi connectivity index (χ4v) is 1.60. The fourth-order valence-electron chi connectivity index (χ4n) is 1.60. The van der Waals surface area contributed by atoms with E-state index in [4.69, 9.17) is 11.2 Å². The second kappa shape index (κ2) is 4.71. The smallest absolute Gasteiger partial charge is 0.165 e. The first kappa shape index (κ1) is 11.2. The van der Waals surface area contributed by atoms with Crippen LogP contribution >= 0.6 is 0 Å². The predicted octanol–water partition coefficient (Wildman–Crippen LogP) is 3.48. The minimum absolute atomic E-state index is 0.239. The van der Waals surface area contributed by atoms with Crippen LogP contribution in [0.2, 0.25) is 0 Å². The lowest BCUT2D eigenvalue weighted by Gasteiger charge is -2.06. The van der Waals surface area contributed by atoms with Crippen molar-refractivity contribution in [1.82, 2.24) is 0 Å². The lowest BCUT2D eigenvalue weighted by Crippen LogP contribution is -1.88. The zero-order chi connectivity index (χ0) is 12.3. The first-order valence-corrected chi connectivity index (χ1v) is 5.15. The number of hydrogen-bond acceptors (Lipinski definition) is 1. The van der Waals surface area contributed by atoms with Gasteiger partial charge in [-0.2, -0.15) is 0 Å². The summed E-state index contributed by atoms with van der Waals surface area (Å²) in [6.45, 7) is 0. The summed E-state index contributed by atoms with van der Waals surface area (Å²) < 4.78 is 18.2. The Morgan fingerprint density at radius 1 is 1.06 bits per heavy atom. The summed E-state index contributed by atoms with van der Waals surface area (Å²) in [7, 11) is 1.45. The molecule has 0 N–H and O–H groups in total. The van der Waals surface area contributed by atoms with Crippen LogP contribution in [0.4, 0.5) is 4.39 Å². The zero-order valence-corrected chi connectivity index (χ0v) is 9.41. The van der Waals surface area contributed by atoms with Gasteiger partial charge in [0, 0.05) is 5.56 Å². The molecule has 0 radical (unpaired) electrons. The molecule has 2 aromatic carbocycles. The molecule has 0 heterocycles. The highest BCUT2D eigenvalue weighted by molar-refractivity contribution is 5.66. The van der Waals surface area contributed by atoms with E-state index in [-0.39, 0.29) is 11.6 Å². The van der Waals surface area contributed by atoms with Crippen LogP contribution in [0.25, 0.3) is 11.1 Å². The van der Waals surface area contributed by atoms with Gasteiger partial charge in [0.15, 0.2) is 11.6 Å². The molecular weight excluding hydrogens is 215 g/mol. The Morgan fingerprint density at radius 3 is 2.29 bits per heavy atom. The molecule has 1 nitrogen and oxygen atoms in total. The first-order chi connectivity index (χ1) is 8.24. The number of methoxy groups -OCH3 is 1. The maximum Gasteiger partial charge on any atom is 0.165 e. The summed E-state index contributed by atoms with van der Waals surface area (Å²) in [6, 6.07) is 12.3. The molecule has 0 atom stereocenters. The van der Waals surface area contributed by atoms with Crippen LogP contribution in [-0.2, 0) is 0 Å². The molecule has 0 amide bonds. The van der Waals surface area contributed by atoms with Gasteiger partial charge in [-0.05, 0) is 35.4 Å². The van der Waals surface area contributed by atoms with E-state index in [0.717, 1.165) is 16.7 Å². The molecule has 84 valence electrons. The maximum absolute atomic E-state index is 13.3. The zero-order valence-electron chi connectivity index (χ0n) is 9.41. The van der Waals surface area contributed by atoms with Crippen LogP contribution in [0.3, 0.4) is 0 Å². The van der Waals surface area contributed by atoms with Crippen LogP contribution in [0.1, 0.15) is 5.56 Å². The summed E-state index contributed by atoms with van der Waals surface area (Å²) in [4.78, 5) is 0. The third-order valence-corrected chi connectivity index (χ3v) is 2.54. The van der Waals surface area contributed by atoms with Gasteiger partial charge in [-0.3, -0.25) is 0 Å². The largest absolute Gasteiger partial charge is 0.494 e. The molecule has 0 aliphatic carbocycles. The number of benzene rings is 2. The summed E-state index contributed by atoms with van der Waals surface area (Å²) in [6.07, 6.45) is 5.28. The normalized spacial score (nSPS) is 9.71. The topological polar surface area (TPSA) is 9.23 Å². The molecule has 0 aliphatic rings. The monoisotopic (exact) mass is 226 g/mol. The van der Waals surface area contributed by atoms with Gasteiger partial charge in [-0.1, -0.05) is 24.1 Å². The van der Waals surface area contributed by atoms with Crippen LogP contribution < -0.4 is 4.74 Å². The standard InChI is InChI=1S/C15H11FO/c1-3-11-4-6-12(7-5-11)13-8-9-14(16)15(10-13)17-2/h1,4-10H,2H3. The van der Waals surface area contributed by atoms with Gasteiger partial charge in [0.1, 0.15) is 0 Å². The Morgan fingerprint density at radius 2 is 1.71 bits per heavy atom. The number of ether oxygens (including phenoxy) is 1. The Labute approximate surface area is 99.9 Å². The lowest BCUT2D eigenvalue weighted by molar-refractivity contribution is 0.387. The highest BCUT2D eigenvalue weighted by Gasteiger charge is 2.04. The lowest BCUT2D eigenvalue weighted by atomic mass is 10.0. The number of rotatable bonds is 2. The molecule has 2 aromatic rings. The average Bonchev–Trinajstić information content (AvgIpc) is 2.39. The molecule has 0 saturated carbocycles. The molecular formula is C15H11FO. The van der Waals surface area contributed by atoms with Crippen molar-refractivity contribution in [2.45, 2.75) is 0 Å². The van der Waals surface area contributed by atoms with Crippen molar-refractivity contribution in [2.75, 3.05) is 7.11 Å². The summed E-state index contributed by atoms with van der Waals surface area (Å²) >= 11 is 0. The van der Waals surface area contributed by atoms with Crippen molar-refractivity contribution in [1.29, 1.82) is 0 Å². The average molecular weight is 226 g/mol. The van der Waals surface area contributed by atoms with Crippen molar-refractivity contribution < 1.29 is 9.13 Å². The number of terminal acetylenes is 1. The molecule has 0 fully saturated rings. The van der Waals surface area contributed by atoms with Gasteiger partial charge in [0.05, 0.1) is 7.11 Å². The van der Waals surface area contributed by atoms with Crippen LogP contribution in [0.15, 0.2) is 42.5 Å². The van der Waals surface area contributed by atoms with Gasteiger partial charge in [-0.25, -0.2) is 4.39 Å². The van der Waals surface area contributed by atoms with Crippen molar-refractivity contribution in [2.24, 2.45) is 0 Å². The minimum atomic E-state index is -0.364. The van der Waals surface area contributed by atoms with Crippen molar-refractivity contribution in [3.8, 4) is 29.2 Å². The summed E-state index contributed by atoms with van der Waals surface area (Å²) in [5.74, 6) is 2.43. The second-order valence-corrected chi connectivity index (χ2v) is 3.57. The molecule has 0 unspecified atom stereocenters. The van der Waals surface area contributed by atoms with E-state index < -0.39 is 0 Å². The predicted molar refractivity (Wildman–Crippen MR) is 66.3 cm³/mol. The fraction of sp³-hybridized carbons (Fsp3) is 0.0667. The van der Waals surface area contributed by atoms with E-state index in [2.05, 4.69) is 5.92 Å². The van der Waals surface area contributed by atoms with Gasteiger partial charge in [0.2, 0.25) is 0 Å². The Kier molecular flexibility index (Phi) is 3.11. The molecule has 0 bridgehead atoms. The van der Waals surface area contributed by atoms with E-state index in [9.17, 15) is 4.39 Å². The molecule has 2 heteroatoms. The quantitative estimate of drug-likeness (QED) is 0.712. The number of hydrogen-bond donors (Lipinski definition) is 0. The Balaban J connectivity index is 2.42. The second-order valence-electron chi connectivity index (χ2n) is 3.57. The van der Waals surface area contributed by atoms with Crippen LogP contribution in [0, 0.1) is 18.2 Å². The Hall–Kier alpha value is -2.27. The van der Waals surface area contributed by atoms with E-state index >= 15 is 0 Å².